The van der Waals surface area contributed by atoms with E-state index in [-0.39, 0.29) is 55.6 Å². The van der Waals surface area contributed by atoms with Crippen molar-refractivity contribution in [3.63, 3.8) is 0 Å². The standard InChI is InChI=1S/C25H39F3N4O3S.2ClH/c1-31(16-6-5-13-29-14-15-30-22-7-3-2-4-8-22)36(34,35)23-10-9-20-11-17-32(18-12-21(20)19-23)24(33)25(26,27)28;;/h9-10,19,22,29-30H,2-8,11-18H2,1H3;2*1H. The quantitative estimate of drug-likeness (QED) is 0.374. The Hall–Kier alpha value is -1.11. The van der Waals surface area contributed by atoms with E-state index in [1.807, 2.05) is 0 Å². The highest BCUT2D eigenvalue weighted by Crippen LogP contribution is 2.25. The third-order valence-electron chi connectivity index (χ3n) is 7.13. The molecule has 0 unspecified atom stereocenters. The van der Waals surface area contributed by atoms with Crippen molar-refractivity contribution in [1.82, 2.24) is 19.8 Å². The number of nitrogens with zero attached hydrogens (tertiary/aromatic N) is 2. The van der Waals surface area contributed by atoms with E-state index in [2.05, 4.69) is 10.6 Å². The van der Waals surface area contributed by atoms with Gasteiger partial charge in [-0.25, -0.2) is 12.7 Å². The van der Waals surface area contributed by atoms with Crippen molar-refractivity contribution in [3.8, 4) is 0 Å². The molecule has 0 saturated heterocycles. The first kappa shape index (κ1) is 34.9. The van der Waals surface area contributed by atoms with Gasteiger partial charge in [0.05, 0.1) is 4.90 Å². The molecule has 38 heavy (non-hydrogen) atoms. The Bertz CT molecular complexity index is 977. The summed E-state index contributed by atoms with van der Waals surface area (Å²) in [7, 11) is -2.16. The third-order valence-corrected chi connectivity index (χ3v) is 8.99. The minimum absolute atomic E-state index is 0. The van der Waals surface area contributed by atoms with Crippen molar-refractivity contribution in [2.24, 2.45) is 0 Å². The number of unbranched alkanes of at least 4 members (excludes halogenated alkanes) is 1. The highest BCUT2D eigenvalue weighted by Gasteiger charge is 2.42. The first-order valence-corrected chi connectivity index (χ1v) is 14.4. The predicted octanol–water partition coefficient (Wildman–Crippen LogP) is 3.93. The zero-order valence-corrected chi connectivity index (χ0v) is 24.3. The third kappa shape index (κ3) is 10.1. The van der Waals surface area contributed by atoms with Crippen LogP contribution in [0.3, 0.4) is 0 Å². The Morgan fingerprint density at radius 2 is 1.66 bits per heavy atom. The van der Waals surface area contributed by atoms with Crippen molar-refractivity contribution >= 4 is 40.7 Å². The second-order valence-corrected chi connectivity index (χ2v) is 11.8. The highest BCUT2D eigenvalue weighted by atomic mass is 35.5. The maximum absolute atomic E-state index is 13.1. The Balaban J connectivity index is 0.00000361. The topological polar surface area (TPSA) is 81.8 Å². The fraction of sp³-hybridized carbons (Fsp3) is 0.720. The lowest BCUT2D eigenvalue weighted by atomic mass is 9.95. The van der Waals surface area contributed by atoms with Gasteiger partial charge in [-0.15, -0.1) is 24.8 Å². The minimum Gasteiger partial charge on any atom is -0.334 e. The molecule has 1 aromatic rings. The summed E-state index contributed by atoms with van der Waals surface area (Å²) in [6, 6.07) is 5.35. The Labute approximate surface area is 237 Å². The number of nitrogens with one attached hydrogen (secondary N) is 2. The van der Waals surface area contributed by atoms with Crippen LogP contribution in [0.1, 0.15) is 56.1 Å². The molecule has 1 fully saturated rings. The molecule has 3 rings (SSSR count). The number of alkyl halides is 3. The van der Waals surface area contributed by atoms with E-state index in [0.29, 0.717) is 18.2 Å². The number of sulfonamides is 1. The summed E-state index contributed by atoms with van der Waals surface area (Å²) >= 11 is 0. The molecule has 1 saturated carbocycles. The van der Waals surface area contributed by atoms with E-state index in [0.717, 1.165) is 42.9 Å². The average molecular weight is 606 g/mol. The van der Waals surface area contributed by atoms with Gasteiger partial charge in [-0.05, 0) is 68.3 Å². The minimum atomic E-state index is -4.91. The molecule has 2 aliphatic rings. The van der Waals surface area contributed by atoms with Crippen LogP contribution in [-0.2, 0) is 27.7 Å². The second kappa shape index (κ2) is 16.2. The zero-order valence-electron chi connectivity index (χ0n) is 21.9. The largest absolute Gasteiger partial charge is 0.471 e. The monoisotopic (exact) mass is 604 g/mol. The van der Waals surface area contributed by atoms with E-state index < -0.39 is 22.1 Å². The number of rotatable bonds is 11. The molecule has 1 aromatic carbocycles. The Morgan fingerprint density at radius 1 is 1.00 bits per heavy atom. The fourth-order valence-corrected chi connectivity index (χ4v) is 6.19. The van der Waals surface area contributed by atoms with Crippen LogP contribution in [-0.4, -0.2) is 82.1 Å². The average Bonchev–Trinajstić information content (AvgIpc) is 3.07. The van der Waals surface area contributed by atoms with E-state index in [1.54, 1.807) is 19.2 Å². The highest BCUT2D eigenvalue weighted by molar-refractivity contribution is 7.89. The van der Waals surface area contributed by atoms with Gasteiger partial charge in [-0.1, -0.05) is 25.3 Å². The van der Waals surface area contributed by atoms with Gasteiger partial charge in [0.25, 0.3) is 0 Å². The number of carbonyl (C=O) groups excluding carboxylic acids is 1. The summed E-state index contributed by atoms with van der Waals surface area (Å²) in [5.41, 5.74) is 1.45. The molecule has 1 aliphatic carbocycles. The summed E-state index contributed by atoms with van der Waals surface area (Å²) in [4.78, 5) is 12.5. The summed E-state index contributed by atoms with van der Waals surface area (Å²) in [6.45, 7) is 2.92. The lowest BCUT2D eigenvalue weighted by molar-refractivity contribution is -0.185. The molecule has 0 atom stereocenters. The lowest BCUT2D eigenvalue weighted by Gasteiger charge is -2.22. The molecule has 2 N–H and O–H groups in total. The maximum Gasteiger partial charge on any atom is 0.471 e. The van der Waals surface area contributed by atoms with Crippen molar-refractivity contribution in [1.29, 1.82) is 0 Å². The van der Waals surface area contributed by atoms with Gasteiger partial charge in [0.2, 0.25) is 10.0 Å². The molecule has 220 valence electrons. The van der Waals surface area contributed by atoms with Gasteiger partial charge in [0, 0.05) is 45.8 Å². The number of halogens is 5. The fourth-order valence-electron chi connectivity index (χ4n) is 4.93. The SMILES string of the molecule is CN(CCCCNCCNC1CCCCC1)S(=O)(=O)c1ccc2c(c1)CCN(C(=O)C(F)(F)F)CC2.Cl.Cl. The molecular formula is C25H41Cl2F3N4O3S. The van der Waals surface area contributed by atoms with Crippen molar-refractivity contribution in [2.75, 3.05) is 46.3 Å². The van der Waals surface area contributed by atoms with Crippen LogP contribution in [0.25, 0.3) is 0 Å². The Kier molecular flexibility index (Phi) is 14.9. The first-order chi connectivity index (χ1) is 17.1. The smallest absolute Gasteiger partial charge is 0.334 e. The van der Waals surface area contributed by atoms with E-state index >= 15 is 0 Å². The van der Waals surface area contributed by atoms with Crippen LogP contribution in [0.4, 0.5) is 13.2 Å². The zero-order chi connectivity index (χ0) is 26.2. The van der Waals surface area contributed by atoms with Gasteiger partial charge in [-0.2, -0.15) is 13.2 Å². The normalized spacial score (nSPS) is 16.8. The van der Waals surface area contributed by atoms with Crippen LogP contribution in [0.2, 0.25) is 0 Å². The first-order valence-electron chi connectivity index (χ1n) is 13.0. The van der Waals surface area contributed by atoms with Crippen LogP contribution in [0.5, 0.6) is 0 Å². The van der Waals surface area contributed by atoms with Gasteiger partial charge < -0.3 is 15.5 Å². The van der Waals surface area contributed by atoms with Gasteiger partial charge in [-0.3, -0.25) is 4.79 Å². The van der Waals surface area contributed by atoms with Crippen molar-refractivity contribution < 1.29 is 26.4 Å². The van der Waals surface area contributed by atoms with Gasteiger partial charge in [0.15, 0.2) is 0 Å². The summed E-state index contributed by atoms with van der Waals surface area (Å²) in [5.74, 6) is -1.85. The molecule has 0 bridgehead atoms. The summed E-state index contributed by atoms with van der Waals surface area (Å²) in [5, 5.41) is 6.99. The predicted molar refractivity (Wildman–Crippen MR) is 148 cm³/mol. The maximum atomic E-state index is 13.1. The number of fused-ring (bicyclic) bond motifs is 1. The summed E-state index contributed by atoms with van der Waals surface area (Å²) in [6.07, 6.45) is 3.62. The molecule has 0 aromatic heterocycles. The molecule has 7 nitrogen and oxygen atoms in total. The number of amides is 1. The molecule has 1 aliphatic heterocycles. The molecule has 1 heterocycles. The van der Waals surface area contributed by atoms with Crippen LogP contribution in [0, 0.1) is 0 Å². The summed E-state index contributed by atoms with van der Waals surface area (Å²) < 4.78 is 65.8. The second-order valence-electron chi connectivity index (χ2n) is 9.79. The molecule has 0 radical (unpaired) electrons. The van der Waals surface area contributed by atoms with Gasteiger partial charge >= 0.3 is 12.1 Å². The molecule has 1 amide bonds. The lowest BCUT2D eigenvalue weighted by Crippen LogP contribution is -2.42. The van der Waals surface area contributed by atoms with E-state index in [4.69, 9.17) is 0 Å². The van der Waals surface area contributed by atoms with Gasteiger partial charge in [0.1, 0.15) is 0 Å². The molecule has 0 spiro atoms. The molecular weight excluding hydrogens is 564 g/mol. The van der Waals surface area contributed by atoms with Crippen LogP contribution >= 0.6 is 24.8 Å². The number of hydrogen-bond donors (Lipinski definition) is 2. The number of carbonyl (C=O) groups is 1. The van der Waals surface area contributed by atoms with E-state index in [1.165, 1.54) is 42.5 Å². The van der Waals surface area contributed by atoms with Crippen LogP contribution < -0.4 is 10.6 Å². The van der Waals surface area contributed by atoms with E-state index in [9.17, 15) is 26.4 Å². The molecule has 13 heteroatoms. The number of hydrogen-bond acceptors (Lipinski definition) is 5. The van der Waals surface area contributed by atoms with Crippen molar-refractivity contribution in [3.05, 3.63) is 29.3 Å². The van der Waals surface area contributed by atoms with Crippen molar-refractivity contribution in [2.45, 2.75) is 74.9 Å². The Morgan fingerprint density at radius 3 is 2.32 bits per heavy atom. The van der Waals surface area contributed by atoms with Crippen LogP contribution in [0.15, 0.2) is 23.1 Å². The number of benzene rings is 1.